The zero-order valence-corrected chi connectivity index (χ0v) is 10.7. The fraction of sp³-hybridized carbons (Fsp3) is 0.167. The van der Waals surface area contributed by atoms with Gasteiger partial charge in [0.25, 0.3) is 0 Å². The largest absolute Gasteiger partial charge is 0.497 e. The number of hydrogen-bond acceptors (Lipinski definition) is 3. The molecule has 0 amide bonds. The predicted molar refractivity (Wildman–Crippen MR) is 67.8 cm³/mol. The molecule has 0 aliphatic carbocycles. The molecule has 0 aliphatic rings. The van der Waals surface area contributed by atoms with E-state index in [9.17, 15) is 8.42 Å². The molecule has 2 rings (SSSR count). The van der Waals surface area contributed by atoms with Gasteiger partial charge in [0.1, 0.15) is 5.75 Å². The van der Waals surface area contributed by atoms with Crippen LogP contribution in [0.2, 0.25) is 0 Å². The van der Waals surface area contributed by atoms with Gasteiger partial charge in [-0.1, -0.05) is 0 Å². The van der Waals surface area contributed by atoms with Crippen molar-refractivity contribution < 1.29 is 13.2 Å². The molecule has 1 aromatic carbocycles. The molecule has 0 saturated carbocycles. The summed E-state index contributed by atoms with van der Waals surface area (Å²) >= 11 is 0. The fourth-order valence-electron chi connectivity index (χ4n) is 1.48. The number of sulfonamides is 1. The third-order valence-corrected chi connectivity index (χ3v) is 3.92. The van der Waals surface area contributed by atoms with E-state index in [1.165, 1.54) is 19.2 Å². The highest BCUT2D eigenvalue weighted by molar-refractivity contribution is 7.89. The van der Waals surface area contributed by atoms with Crippen LogP contribution in [0.4, 0.5) is 0 Å². The minimum Gasteiger partial charge on any atom is -0.497 e. The molecule has 5 nitrogen and oxygen atoms in total. The molecule has 6 heteroatoms. The Morgan fingerprint density at radius 2 is 1.94 bits per heavy atom. The number of ether oxygens (including phenoxy) is 1. The number of rotatable bonds is 5. The van der Waals surface area contributed by atoms with Crippen molar-refractivity contribution in [2.75, 3.05) is 7.11 Å². The molecule has 1 aromatic heterocycles. The van der Waals surface area contributed by atoms with Crippen molar-refractivity contribution in [2.45, 2.75) is 11.4 Å². The summed E-state index contributed by atoms with van der Waals surface area (Å²) in [5.74, 6) is 0.625. The molecule has 1 heterocycles. The van der Waals surface area contributed by atoms with Gasteiger partial charge in [0.05, 0.1) is 12.0 Å². The summed E-state index contributed by atoms with van der Waals surface area (Å²) in [7, 11) is -1.95. The number of methoxy groups -OCH3 is 1. The highest BCUT2D eigenvalue weighted by Crippen LogP contribution is 2.15. The van der Waals surface area contributed by atoms with E-state index in [1.54, 1.807) is 24.5 Å². The van der Waals surface area contributed by atoms with Crippen LogP contribution in [0.5, 0.6) is 5.75 Å². The molecule has 0 atom stereocenters. The van der Waals surface area contributed by atoms with Crippen molar-refractivity contribution in [2.24, 2.45) is 0 Å². The molecule has 0 aliphatic heterocycles. The van der Waals surface area contributed by atoms with Crippen molar-refractivity contribution >= 4 is 10.0 Å². The van der Waals surface area contributed by atoms with E-state index in [-0.39, 0.29) is 11.4 Å². The van der Waals surface area contributed by atoms with Gasteiger partial charge in [-0.25, -0.2) is 13.1 Å². The third kappa shape index (κ3) is 2.91. The highest BCUT2D eigenvalue weighted by atomic mass is 32.2. The second kappa shape index (κ2) is 5.24. The van der Waals surface area contributed by atoms with Gasteiger partial charge in [0, 0.05) is 18.9 Å². The molecule has 0 saturated heterocycles. The lowest BCUT2D eigenvalue weighted by Crippen LogP contribution is -2.22. The number of hydrogen-bond donors (Lipinski definition) is 2. The molecular formula is C12H14N2O3S. The molecule has 0 radical (unpaired) electrons. The molecular weight excluding hydrogens is 252 g/mol. The van der Waals surface area contributed by atoms with Crippen molar-refractivity contribution in [1.82, 2.24) is 9.71 Å². The predicted octanol–water partition coefficient (Wildman–Crippen LogP) is 1.50. The Labute approximate surface area is 106 Å². The van der Waals surface area contributed by atoms with E-state index in [1.807, 2.05) is 6.07 Å². The Kier molecular flexibility index (Phi) is 3.69. The quantitative estimate of drug-likeness (QED) is 0.861. The average Bonchev–Trinajstić information content (AvgIpc) is 2.90. The first kappa shape index (κ1) is 12.7. The normalized spacial score (nSPS) is 11.4. The highest BCUT2D eigenvalue weighted by Gasteiger charge is 2.13. The summed E-state index contributed by atoms with van der Waals surface area (Å²) in [5, 5.41) is 0. The Hall–Kier alpha value is -1.79. The monoisotopic (exact) mass is 266 g/mol. The van der Waals surface area contributed by atoms with Crippen LogP contribution >= 0.6 is 0 Å². The van der Waals surface area contributed by atoms with Crippen LogP contribution < -0.4 is 9.46 Å². The Morgan fingerprint density at radius 3 is 2.50 bits per heavy atom. The van der Waals surface area contributed by atoms with Crippen molar-refractivity contribution in [3.8, 4) is 5.75 Å². The maximum atomic E-state index is 12.0. The van der Waals surface area contributed by atoms with Gasteiger partial charge in [0.2, 0.25) is 10.0 Å². The SMILES string of the molecule is COc1ccc(S(=O)(=O)NCc2cc[nH]c2)cc1. The van der Waals surface area contributed by atoms with Crippen LogP contribution in [0.1, 0.15) is 5.56 Å². The summed E-state index contributed by atoms with van der Waals surface area (Å²) in [6, 6.07) is 8.07. The minimum absolute atomic E-state index is 0.221. The summed E-state index contributed by atoms with van der Waals surface area (Å²) in [6.45, 7) is 0.262. The Morgan fingerprint density at radius 1 is 1.22 bits per heavy atom. The fourth-order valence-corrected chi connectivity index (χ4v) is 2.50. The topological polar surface area (TPSA) is 71.2 Å². The van der Waals surface area contributed by atoms with Gasteiger partial charge in [-0.15, -0.1) is 0 Å². The maximum absolute atomic E-state index is 12.0. The summed E-state index contributed by atoms with van der Waals surface area (Å²) in [5.41, 5.74) is 0.882. The van der Waals surface area contributed by atoms with Gasteiger partial charge < -0.3 is 9.72 Å². The molecule has 2 aromatic rings. The van der Waals surface area contributed by atoms with E-state index < -0.39 is 10.0 Å². The second-order valence-corrected chi connectivity index (χ2v) is 5.49. The Bertz CT molecular complexity index is 589. The van der Waals surface area contributed by atoms with E-state index in [2.05, 4.69) is 9.71 Å². The lowest BCUT2D eigenvalue weighted by atomic mass is 10.3. The lowest BCUT2D eigenvalue weighted by Gasteiger charge is -2.06. The smallest absolute Gasteiger partial charge is 0.240 e. The standard InChI is InChI=1S/C12H14N2O3S/c1-17-11-2-4-12(5-3-11)18(15,16)14-9-10-6-7-13-8-10/h2-8,13-14H,9H2,1H3. The zero-order valence-electron chi connectivity index (χ0n) is 9.88. The average molecular weight is 266 g/mol. The molecule has 2 N–H and O–H groups in total. The maximum Gasteiger partial charge on any atom is 0.240 e. The molecule has 18 heavy (non-hydrogen) atoms. The number of nitrogens with one attached hydrogen (secondary N) is 2. The molecule has 0 spiro atoms. The van der Waals surface area contributed by atoms with Gasteiger partial charge in [-0.2, -0.15) is 0 Å². The molecule has 0 unspecified atom stereocenters. The van der Waals surface area contributed by atoms with E-state index in [4.69, 9.17) is 4.74 Å². The van der Waals surface area contributed by atoms with Gasteiger partial charge in [-0.05, 0) is 35.9 Å². The molecule has 0 bridgehead atoms. The van der Waals surface area contributed by atoms with Crippen molar-refractivity contribution in [3.63, 3.8) is 0 Å². The summed E-state index contributed by atoms with van der Waals surface area (Å²) in [6.07, 6.45) is 3.49. The lowest BCUT2D eigenvalue weighted by molar-refractivity contribution is 0.414. The Balaban J connectivity index is 2.09. The van der Waals surface area contributed by atoms with Crippen molar-refractivity contribution in [1.29, 1.82) is 0 Å². The van der Waals surface area contributed by atoms with Crippen molar-refractivity contribution in [3.05, 3.63) is 48.3 Å². The van der Waals surface area contributed by atoms with E-state index >= 15 is 0 Å². The summed E-state index contributed by atoms with van der Waals surface area (Å²) in [4.78, 5) is 3.09. The van der Waals surface area contributed by atoms with E-state index in [0.717, 1.165) is 5.56 Å². The number of aromatic nitrogens is 1. The van der Waals surface area contributed by atoms with Gasteiger partial charge in [-0.3, -0.25) is 0 Å². The summed E-state index contributed by atoms with van der Waals surface area (Å²) < 4.78 is 31.4. The van der Waals surface area contributed by atoms with Gasteiger partial charge >= 0.3 is 0 Å². The number of benzene rings is 1. The van der Waals surface area contributed by atoms with Crippen LogP contribution in [-0.4, -0.2) is 20.5 Å². The number of aromatic amines is 1. The zero-order chi connectivity index (χ0) is 13.0. The van der Waals surface area contributed by atoms with Crippen LogP contribution in [-0.2, 0) is 16.6 Å². The number of H-pyrrole nitrogens is 1. The molecule has 0 fully saturated rings. The first-order valence-electron chi connectivity index (χ1n) is 5.37. The van der Waals surface area contributed by atoms with Crippen LogP contribution in [0.25, 0.3) is 0 Å². The van der Waals surface area contributed by atoms with Crippen LogP contribution in [0, 0.1) is 0 Å². The third-order valence-electron chi connectivity index (χ3n) is 2.50. The first-order valence-corrected chi connectivity index (χ1v) is 6.85. The van der Waals surface area contributed by atoms with Gasteiger partial charge in [0.15, 0.2) is 0 Å². The minimum atomic E-state index is -3.48. The first-order chi connectivity index (χ1) is 8.62. The van der Waals surface area contributed by atoms with Crippen LogP contribution in [0.3, 0.4) is 0 Å². The second-order valence-electron chi connectivity index (χ2n) is 3.72. The van der Waals surface area contributed by atoms with E-state index in [0.29, 0.717) is 5.75 Å². The molecule has 96 valence electrons. The van der Waals surface area contributed by atoms with Crippen LogP contribution in [0.15, 0.2) is 47.6 Å².